The molecule has 206 valence electrons. The zero-order valence-electron chi connectivity index (χ0n) is 23.4. The molecule has 0 aliphatic heterocycles. The lowest BCUT2D eigenvalue weighted by atomic mass is 9.88. The largest absolute Gasteiger partial charge is 0.462 e. The number of ether oxygens (including phenoxy) is 1. The van der Waals surface area contributed by atoms with Crippen molar-refractivity contribution < 1.29 is 18.3 Å². The minimum atomic E-state index is -0.923. The molecule has 0 unspecified atom stereocenters. The fourth-order valence-corrected chi connectivity index (χ4v) is 5.84. The molecule has 0 saturated heterocycles. The van der Waals surface area contributed by atoms with Crippen LogP contribution in [0.15, 0.2) is 35.3 Å². The molecule has 0 aliphatic rings. The van der Waals surface area contributed by atoms with Crippen molar-refractivity contribution >= 4 is 38.4 Å². The van der Waals surface area contributed by atoms with Gasteiger partial charge >= 0.3 is 5.97 Å². The summed E-state index contributed by atoms with van der Waals surface area (Å²) in [6, 6.07) is 6.01. The van der Waals surface area contributed by atoms with Gasteiger partial charge in [0.05, 0.1) is 34.4 Å². The third-order valence-electron chi connectivity index (χ3n) is 6.25. The number of fused-ring (bicyclic) bond motifs is 1. The van der Waals surface area contributed by atoms with Crippen LogP contribution in [0.3, 0.4) is 0 Å². The number of halogens is 2. The molecule has 0 amide bonds. The average molecular weight is 562 g/mol. The minimum Gasteiger partial charge on any atom is -0.462 e. The summed E-state index contributed by atoms with van der Waals surface area (Å²) >= 11 is 5.94. The maximum Gasteiger partial charge on any atom is 0.343 e. The highest BCUT2D eigenvalue weighted by Crippen LogP contribution is 2.36. The average Bonchev–Trinajstić information content (AvgIpc) is 2.82. The van der Waals surface area contributed by atoms with Gasteiger partial charge in [-0.2, -0.15) is 5.10 Å². The molecular weight excluding hydrogens is 525 g/mol. The normalized spacial score (nSPS) is 13.6. The third-order valence-corrected chi connectivity index (χ3v) is 8.29. The Morgan fingerprint density at radius 1 is 1.18 bits per heavy atom. The quantitative estimate of drug-likeness (QED) is 0.248. The topological polar surface area (TPSA) is 83.3 Å². The van der Waals surface area contributed by atoms with E-state index in [1.165, 1.54) is 12.3 Å². The van der Waals surface area contributed by atoms with Gasteiger partial charge in [0.2, 0.25) is 5.43 Å². The second kappa shape index (κ2) is 11.6. The van der Waals surface area contributed by atoms with E-state index in [0.29, 0.717) is 16.9 Å². The lowest BCUT2D eigenvalue weighted by Crippen LogP contribution is -2.42. The van der Waals surface area contributed by atoms with E-state index in [1.54, 1.807) is 25.1 Å². The van der Waals surface area contributed by atoms with Gasteiger partial charge in [-0.15, -0.1) is 5.10 Å². The zero-order valence-corrected chi connectivity index (χ0v) is 25.6. The van der Waals surface area contributed by atoms with Crippen LogP contribution in [0.25, 0.3) is 11.0 Å². The molecule has 38 heavy (non-hydrogen) atoms. The maximum absolute atomic E-state index is 14.6. The first-order chi connectivity index (χ1) is 17.7. The molecule has 3 rings (SSSR count). The van der Waals surface area contributed by atoms with Crippen LogP contribution in [0, 0.1) is 11.7 Å². The molecule has 0 saturated carbocycles. The van der Waals surface area contributed by atoms with Crippen LogP contribution in [0.5, 0.6) is 0 Å². The summed E-state index contributed by atoms with van der Waals surface area (Å²) in [6.07, 6.45) is 1.60. The fourth-order valence-electron chi connectivity index (χ4n) is 4.67. The maximum atomic E-state index is 14.6. The van der Waals surface area contributed by atoms with Crippen LogP contribution in [0.1, 0.15) is 83.0 Å². The molecule has 1 atom stereocenters. The van der Waals surface area contributed by atoms with E-state index in [-0.39, 0.29) is 46.0 Å². The molecule has 0 N–H and O–H groups in total. The Morgan fingerprint density at radius 2 is 1.87 bits per heavy atom. The predicted octanol–water partition coefficient (Wildman–Crippen LogP) is 5.65. The van der Waals surface area contributed by atoms with Crippen LogP contribution in [-0.2, 0) is 15.6 Å². The van der Waals surface area contributed by atoms with Crippen molar-refractivity contribution in [2.75, 3.05) is 6.61 Å². The standard InChI is InChI=1S/C28H37ClFN3O4Si/c1-9-36-26(35)20-15-33(24(16(2)3)28(7,8)37-38-27(4,5)6)25-19(23(20)34)14-18(31-32-25)13-17-11-10-12-21(29)22(17)30/h10-12,14-16,24H,9,13,38H2,1-8H3/t24-/m0/s1. The number of esters is 1. The predicted molar refractivity (Wildman–Crippen MR) is 151 cm³/mol. The summed E-state index contributed by atoms with van der Waals surface area (Å²) in [5, 5.41) is 9.03. The number of aromatic nitrogens is 3. The Bertz CT molecular complexity index is 1380. The summed E-state index contributed by atoms with van der Waals surface area (Å²) in [7, 11) is -0.923. The molecule has 0 aliphatic carbocycles. The fraction of sp³-hybridized carbons (Fsp3) is 0.500. The SMILES string of the molecule is CCOC(=O)c1cn([C@@H](C(C)C)C(C)(C)O[SiH2]C(C)(C)C)c2nnc(Cc3cccc(Cl)c3F)cc2c1=O. The molecule has 0 fully saturated rings. The van der Waals surface area contributed by atoms with Crippen molar-refractivity contribution in [1.82, 2.24) is 14.8 Å². The van der Waals surface area contributed by atoms with Crippen LogP contribution in [0.4, 0.5) is 4.39 Å². The highest BCUT2D eigenvalue weighted by molar-refractivity contribution is 6.32. The molecule has 0 radical (unpaired) electrons. The van der Waals surface area contributed by atoms with Gasteiger partial charge in [0.1, 0.15) is 11.4 Å². The summed E-state index contributed by atoms with van der Waals surface area (Å²) in [4.78, 5) is 26.4. The van der Waals surface area contributed by atoms with Gasteiger partial charge in [-0.25, -0.2) is 9.18 Å². The molecular formula is C28H37ClFN3O4Si. The zero-order chi connectivity index (χ0) is 28.4. The lowest BCUT2D eigenvalue weighted by molar-refractivity contribution is 0.0284. The summed E-state index contributed by atoms with van der Waals surface area (Å²) in [5.74, 6) is -1.20. The Labute approximate surface area is 230 Å². The molecule has 2 aromatic heterocycles. The minimum absolute atomic E-state index is 0.00372. The molecule has 0 bridgehead atoms. The van der Waals surface area contributed by atoms with Gasteiger partial charge in [-0.3, -0.25) is 4.79 Å². The van der Waals surface area contributed by atoms with Crippen LogP contribution < -0.4 is 5.43 Å². The first kappa shape index (κ1) is 29.9. The second-order valence-corrected chi connectivity index (χ2v) is 14.7. The lowest BCUT2D eigenvalue weighted by Gasteiger charge is -2.41. The Kier molecular flexibility index (Phi) is 9.16. The van der Waals surface area contributed by atoms with E-state index >= 15 is 0 Å². The number of hydrogen-bond donors (Lipinski definition) is 0. The summed E-state index contributed by atoms with van der Waals surface area (Å²) in [6.45, 7) is 16.4. The van der Waals surface area contributed by atoms with Crippen molar-refractivity contribution in [3.05, 3.63) is 68.3 Å². The number of carbonyl (C=O) groups is 1. The summed E-state index contributed by atoms with van der Waals surface area (Å²) < 4.78 is 28.1. The van der Waals surface area contributed by atoms with Crippen LogP contribution >= 0.6 is 11.6 Å². The van der Waals surface area contributed by atoms with E-state index < -0.39 is 32.6 Å². The van der Waals surface area contributed by atoms with Gasteiger partial charge in [0.25, 0.3) is 0 Å². The first-order valence-corrected chi connectivity index (χ1v) is 14.5. The number of carbonyl (C=O) groups excluding carboxylic acids is 1. The Balaban J connectivity index is 2.23. The van der Waals surface area contributed by atoms with E-state index in [1.807, 2.05) is 18.4 Å². The number of pyridine rings is 1. The highest BCUT2D eigenvalue weighted by atomic mass is 35.5. The van der Waals surface area contributed by atoms with Gasteiger partial charge < -0.3 is 13.7 Å². The molecule has 7 nitrogen and oxygen atoms in total. The monoisotopic (exact) mass is 561 g/mol. The number of hydrogen-bond acceptors (Lipinski definition) is 6. The Morgan fingerprint density at radius 3 is 2.47 bits per heavy atom. The van der Waals surface area contributed by atoms with Crippen LogP contribution in [0.2, 0.25) is 10.1 Å². The second-order valence-electron chi connectivity index (χ2n) is 11.6. The third kappa shape index (κ3) is 6.68. The Hall–Kier alpha value is -2.62. The van der Waals surface area contributed by atoms with Gasteiger partial charge in [0.15, 0.2) is 15.4 Å². The number of benzene rings is 1. The molecule has 10 heteroatoms. The van der Waals surface area contributed by atoms with E-state index in [9.17, 15) is 14.0 Å². The smallest absolute Gasteiger partial charge is 0.343 e. The van der Waals surface area contributed by atoms with Gasteiger partial charge in [0, 0.05) is 12.6 Å². The van der Waals surface area contributed by atoms with Crippen molar-refractivity contribution in [3.63, 3.8) is 0 Å². The van der Waals surface area contributed by atoms with E-state index in [2.05, 4.69) is 44.8 Å². The number of nitrogens with zero attached hydrogens (tertiary/aromatic N) is 3. The van der Waals surface area contributed by atoms with Crippen molar-refractivity contribution in [1.29, 1.82) is 0 Å². The van der Waals surface area contributed by atoms with E-state index in [4.69, 9.17) is 20.8 Å². The van der Waals surface area contributed by atoms with Crippen molar-refractivity contribution in [2.45, 2.75) is 78.5 Å². The van der Waals surface area contributed by atoms with Gasteiger partial charge in [-0.05, 0) is 49.4 Å². The highest BCUT2D eigenvalue weighted by Gasteiger charge is 2.37. The van der Waals surface area contributed by atoms with Crippen LogP contribution in [-0.4, -0.2) is 42.7 Å². The first-order valence-electron chi connectivity index (χ1n) is 12.8. The molecule has 1 aromatic carbocycles. The molecule has 2 heterocycles. The van der Waals surface area contributed by atoms with E-state index in [0.717, 1.165) is 0 Å². The molecule has 3 aromatic rings. The summed E-state index contributed by atoms with van der Waals surface area (Å²) in [5.41, 5.74) is -0.211. The molecule has 0 spiro atoms. The van der Waals surface area contributed by atoms with Crippen molar-refractivity contribution in [2.24, 2.45) is 5.92 Å². The van der Waals surface area contributed by atoms with Crippen molar-refractivity contribution in [3.8, 4) is 0 Å². The van der Waals surface area contributed by atoms with Gasteiger partial charge in [-0.1, -0.05) is 58.4 Å². The number of rotatable bonds is 9.